The van der Waals surface area contributed by atoms with Crippen molar-refractivity contribution in [2.45, 2.75) is 24.9 Å². The highest BCUT2D eigenvalue weighted by molar-refractivity contribution is 7.89. The van der Waals surface area contributed by atoms with Gasteiger partial charge in [0.05, 0.1) is 17.7 Å². The molecule has 1 aromatic heterocycles. The molecule has 9 heteroatoms. The number of halogens is 1. The molecule has 4 aromatic rings. The summed E-state index contributed by atoms with van der Waals surface area (Å²) in [6, 6.07) is 25.8. The molecule has 184 valence electrons. The van der Waals surface area contributed by atoms with Crippen molar-refractivity contribution >= 4 is 33.7 Å². The Morgan fingerprint density at radius 1 is 0.944 bits per heavy atom. The largest absolute Gasteiger partial charge is 0.459 e. The highest BCUT2D eigenvalue weighted by Gasteiger charge is 2.26. The molecule has 0 spiro atoms. The van der Waals surface area contributed by atoms with Gasteiger partial charge in [-0.2, -0.15) is 9.41 Å². The molecule has 0 aliphatic rings. The van der Waals surface area contributed by atoms with Crippen LogP contribution in [0.1, 0.15) is 33.0 Å². The van der Waals surface area contributed by atoms with Gasteiger partial charge >= 0.3 is 0 Å². The molecule has 3 aromatic carbocycles. The summed E-state index contributed by atoms with van der Waals surface area (Å²) < 4.78 is 33.9. The number of aryl methyl sites for hydroxylation is 1. The number of furan rings is 1. The Morgan fingerprint density at radius 3 is 2.36 bits per heavy atom. The van der Waals surface area contributed by atoms with Gasteiger partial charge in [-0.15, -0.1) is 0 Å². The van der Waals surface area contributed by atoms with E-state index in [4.69, 9.17) is 16.0 Å². The first-order valence-corrected chi connectivity index (χ1v) is 12.9. The molecule has 0 saturated heterocycles. The number of nitrogens with one attached hydrogen (secondary N) is 1. The molecule has 1 heterocycles. The molecule has 0 saturated carbocycles. The number of rotatable bonds is 9. The summed E-state index contributed by atoms with van der Waals surface area (Å²) in [5.74, 6) is 0.466. The topological polar surface area (TPSA) is 92.0 Å². The van der Waals surface area contributed by atoms with Crippen LogP contribution in [0, 0.1) is 6.92 Å². The van der Waals surface area contributed by atoms with Crippen LogP contribution >= 0.6 is 11.6 Å². The van der Waals surface area contributed by atoms with Crippen molar-refractivity contribution in [1.82, 2.24) is 9.73 Å². The van der Waals surface area contributed by atoms with E-state index in [0.29, 0.717) is 22.1 Å². The maximum Gasteiger partial charge on any atom is 0.271 e. The van der Waals surface area contributed by atoms with Crippen LogP contribution in [0.3, 0.4) is 0 Å². The summed E-state index contributed by atoms with van der Waals surface area (Å²) in [5, 5.41) is 4.53. The standard InChI is InChI=1S/C27H24ClN3O4S/c1-20-7-5-6-10-26(20)27(32)30-29-17-23-15-16-24(35-23)19-31(18-21-11-13-22(28)14-12-21)36(33,34)25-8-3-2-4-9-25/h2-17H,18-19H2,1H3,(H,30,32)/b29-17-. The second-order valence-electron chi connectivity index (χ2n) is 8.03. The first-order chi connectivity index (χ1) is 17.3. The molecular weight excluding hydrogens is 498 g/mol. The van der Waals surface area contributed by atoms with Crippen molar-refractivity contribution in [3.63, 3.8) is 0 Å². The van der Waals surface area contributed by atoms with Crippen molar-refractivity contribution in [3.05, 3.63) is 124 Å². The highest BCUT2D eigenvalue weighted by atomic mass is 35.5. The Hall–Kier alpha value is -3.72. The average molecular weight is 522 g/mol. The van der Waals surface area contributed by atoms with E-state index in [-0.39, 0.29) is 23.9 Å². The van der Waals surface area contributed by atoms with Crippen LogP contribution in [-0.4, -0.2) is 24.8 Å². The summed E-state index contributed by atoms with van der Waals surface area (Å²) in [4.78, 5) is 12.5. The van der Waals surface area contributed by atoms with Gasteiger partial charge in [-0.05, 0) is 60.5 Å². The predicted molar refractivity (Wildman–Crippen MR) is 139 cm³/mol. The summed E-state index contributed by atoms with van der Waals surface area (Å²) in [6.45, 7) is 1.98. The minimum Gasteiger partial charge on any atom is -0.459 e. The zero-order valence-electron chi connectivity index (χ0n) is 19.5. The average Bonchev–Trinajstić information content (AvgIpc) is 3.33. The summed E-state index contributed by atoms with van der Waals surface area (Å²) in [7, 11) is -3.81. The Bertz CT molecular complexity index is 1470. The van der Waals surface area contributed by atoms with Gasteiger partial charge in [-0.25, -0.2) is 13.8 Å². The quantitative estimate of drug-likeness (QED) is 0.236. The lowest BCUT2D eigenvalue weighted by atomic mass is 10.1. The number of hydrogen-bond acceptors (Lipinski definition) is 5. The molecule has 0 fully saturated rings. The number of carbonyl (C=O) groups excluding carboxylic acids is 1. The minimum atomic E-state index is -3.81. The third-order valence-corrected chi connectivity index (χ3v) is 7.47. The van der Waals surface area contributed by atoms with E-state index in [1.54, 1.807) is 78.9 Å². The Kier molecular flexibility index (Phi) is 8.00. The molecule has 4 rings (SSSR count). The lowest BCUT2D eigenvalue weighted by Gasteiger charge is -2.21. The number of benzene rings is 3. The molecule has 1 N–H and O–H groups in total. The van der Waals surface area contributed by atoms with Gasteiger partial charge in [0.1, 0.15) is 11.5 Å². The number of sulfonamides is 1. The Labute approximate surface area is 215 Å². The number of hydrogen-bond donors (Lipinski definition) is 1. The van der Waals surface area contributed by atoms with E-state index in [2.05, 4.69) is 10.5 Å². The third-order valence-electron chi connectivity index (χ3n) is 5.42. The van der Waals surface area contributed by atoms with Crippen molar-refractivity contribution in [2.75, 3.05) is 0 Å². The van der Waals surface area contributed by atoms with Crippen LogP contribution in [0.5, 0.6) is 0 Å². The second-order valence-corrected chi connectivity index (χ2v) is 10.4. The van der Waals surface area contributed by atoms with Crippen LogP contribution in [0.2, 0.25) is 5.02 Å². The molecular formula is C27H24ClN3O4S. The second kappa shape index (κ2) is 11.3. The van der Waals surface area contributed by atoms with Crippen LogP contribution in [0.15, 0.2) is 105 Å². The van der Waals surface area contributed by atoms with Gasteiger partial charge in [-0.3, -0.25) is 4.79 Å². The molecule has 1 amide bonds. The van der Waals surface area contributed by atoms with Crippen LogP contribution in [0.4, 0.5) is 0 Å². The van der Waals surface area contributed by atoms with Gasteiger partial charge in [0.25, 0.3) is 5.91 Å². The van der Waals surface area contributed by atoms with E-state index in [0.717, 1.165) is 11.1 Å². The third kappa shape index (κ3) is 6.28. The highest BCUT2D eigenvalue weighted by Crippen LogP contribution is 2.22. The molecule has 36 heavy (non-hydrogen) atoms. The summed E-state index contributed by atoms with van der Waals surface area (Å²) in [6.07, 6.45) is 1.37. The van der Waals surface area contributed by atoms with Crippen LogP contribution < -0.4 is 5.43 Å². The van der Waals surface area contributed by atoms with Gasteiger partial charge < -0.3 is 4.42 Å². The maximum absolute atomic E-state index is 13.4. The summed E-state index contributed by atoms with van der Waals surface area (Å²) in [5.41, 5.74) is 4.62. The fraction of sp³-hybridized carbons (Fsp3) is 0.111. The van der Waals surface area contributed by atoms with Gasteiger partial charge in [0.15, 0.2) is 0 Å². The Balaban J connectivity index is 1.50. The number of hydrazone groups is 1. The van der Waals surface area contributed by atoms with Gasteiger partial charge in [-0.1, -0.05) is 60.1 Å². The molecule has 0 bridgehead atoms. The van der Waals surface area contributed by atoms with Crippen molar-refractivity contribution in [3.8, 4) is 0 Å². The van der Waals surface area contributed by atoms with Crippen LogP contribution in [-0.2, 0) is 23.1 Å². The molecule has 0 atom stereocenters. The smallest absolute Gasteiger partial charge is 0.271 e. The fourth-order valence-electron chi connectivity index (χ4n) is 3.53. The Morgan fingerprint density at radius 2 is 1.64 bits per heavy atom. The van der Waals surface area contributed by atoms with E-state index < -0.39 is 10.0 Å². The number of carbonyl (C=O) groups is 1. The lowest BCUT2D eigenvalue weighted by molar-refractivity contribution is 0.0954. The molecule has 0 unspecified atom stereocenters. The fourth-order valence-corrected chi connectivity index (χ4v) is 5.07. The van der Waals surface area contributed by atoms with E-state index in [1.165, 1.54) is 10.5 Å². The number of nitrogens with zero attached hydrogens (tertiary/aromatic N) is 2. The monoisotopic (exact) mass is 521 g/mol. The zero-order valence-corrected chi connectivity index (χ0v) is 21.0. The van der Waals surface area contributed by atoms with Crippen molar-refractivity contribution < 1.29 is 17.6 Å². The minimum absolute atomic E-state index is 0.00324. The molecule has 0 radical (unpaired) electrons. The van der Waals surface area contributed by atoms with Crippen molar-refractivity contribution in [1.29, 1.82) is 0 Å². The predicted octanol–water partition coefficient (Wildman–Crippen LogP) is 5.40. The van der Waals surface area contributed by atoms with Gasteiger partial charge in [0, 0.05) is 17.1 Å². The first-order valence-electron chi connectivity index (χ1n) is 11.1. The summed E-state index contributed by atoms with van der Waals surface area (Å²) >= 11 is 5.98. The molecule has 7 nitrogen and oxygen atoms in total. The lowest BCUT2D eigenvalue weighted by Crippen LogP contribution is -2.30. The van der Waals surface area contributed by atoms with Gasteiger partial charge in [0.2, 0.25) is 10.0 Å². The molecule has 0 aliphatic heterocycles. The van der Waals surface area contributed by atoms with E-state index >= 15 is 0 Å². The van der Waals surface area contributed by atoms with Crippen molar-refractivity contribution in [2.24, 2.45) is 5.10 Å². The number of amides is 1. The maximum atomic E-state index is 13.4. The van der Waals surface area contributed by atoms with Crippen LogP contribution in [0.25, 0.3) is 0 Å². The SMILES string of the molecule is Cc1ccccc1C(=O)N/N=C\c1ccc(CN(Cc2ccc(Cl)cc2)S(=O)(=O)c2ccccc2)o1. The normalized spacial score (nSPS) is 11.8. The first kappa shape index (κ1) is 25.4. The van der Waals surface area contributed by atoms with E-state index in [9.17, 15) is 13.2 Å². The zero-order chi connectivity index (χ0) is 25.5. The van der Waals surface area contributed by atoms with E-state index in [1.807, 2.05) is 19.1 Å². The molecule has 0 aliphatic carbocycles.